The Morgan fingerprint density at radius 3 is 2.40 bits per heavy atom. The van der Waals surface area contributed by atoms with E-state index in [-0.39, 0.29) is 48.7 Å². The summed E-state index contributed by atoms with van der Waals surface area (Å²) in [4.78, 5) is 43.7. The van der Waals surface area contributed by atoms with Gasteiger partial charge in [-0.15, -0.1) is 0 Å². The van der Waals surface area contributed by atoms with Gasteiger partial charge in [0.1, 0.15) is 11.5 Å². The first kappa shape index (κ1) is 36.2. The molecule has 4 rings (SSSR count). The Bertz CT molecular complexity index is 1500. The van der Waals surface area contributed by atoms with E-state index in [0.717, 1.165) is 19.3 Å². The summed E-state index contributed by atoms with van der Waals surface area (Å²) in [5.74, 6) is 0.403. The van der Waals surface area contributed by atoms with E-state index in [2.05, 4.69) is 10.6 Å². The minimum Gasteiger partial charge on any atom is -0.497 e. The molecule has 0 spiro atoms. The van der Waals surface area contributed by atoms with Crippen molar-refractivity contribution in [3.8, 4) is 11.5 Å². The van der Waals surface area contributed by atoms with E-state index in [1.165, 1.54) is 0 Å². The van der Waals surface area contributed by atoms with Crippen LogP contribution in [0.25, 0.3) is 0 Å². The number of urea groups is 1. The Kier molecular flexibility index (Phi) is 13.2. The zero-order chi connectivity index (χ0) is 34.6. The highest BCUT2D eigenvalue weighted by Gasteiger charge is 2.31. The Balaban J connectivity index is 1.59. The molecule has 48 heavy (non-hydrogen) atoms. The number of carbonyl (C=O) groups is 3. The number of nitrogens with one attached hydrogen (secondary N) is 2. The molecule has 0 fully saturated rings. The highest BCUT2D eigenvalue weighted by atomic mass is 16.5. The number of likely N-dealkylation sites (N-methyl/N-ethyl adjacent to an activating group) is 1. The zero-order valence-corrected chi connectivity index (χ0v) is 28.5. The summed E-state index contributed by atoms with van der Waals surface area (Å²) in [6, 6.07) is 20.0. The van der Waals surface area contributed by atoms with Gasteiger partial charge in [-0.1, -0.05) is 25.1 Å². The molecule has 0 radical (unpaired) electrons. The number of fused-ring (bicyclic) bond motifs is 1. The van der Waals surface area contributed by atoms with Crippen molar-refractivity contribution in [2.45, 2.75) is 58.3 Å². The molecular formula is C37H48N4O7. The molecule has 3 N–H and O–H groups in total. The molecule has 1 aliphatic rings. The standard InChI is InChI=1S/C37H48N4O7/c1-25-22-41(26(2)24-42)36(44)32-21-30(39-37(45)38-29-14-17-31(46-5)18-15-29)16-19-33(32)48-27(3)11-9-10-20-47-34(25)23-40(4)35(43)28-12-7-6-8-13-28/h6-8,12-19,21,25-27,34,42H,9-11,20,22-24H2,1-5H3,(H2,38,39,45)/t25-,26+,27+,34-/m0/s1. The van der Waals surface area contributed by atoms with Crippen molar-refractivity contribution >= 4 is 29.2 Å². The average Bonchev–Trinajstić information content (AvgIpc) is 3.09. The van der Waals surface area contributed by atoms with E-state index in [1.807, 2.05) is 32.0 Å². The minimum atomic E-state index is -0.530. The van der Waals surface area contributed by atoms with Gasteiger partial charge in [-0.25, -0.2) is 4.79 Å². The molecule has 0 aromatic heterocycles. The average molecular weight is 661 g/mol. The minimum absolute atomic E-state index is 0.113. The lowest BCUT2D eigenvalue weighted by Gasteiger charge is -2.36. The number of aliphatic hydroxyl groups excluding tert-OH is 1. The second-order valence-corrected chi connectivity index (χ2v) is 12.4. The van der Waals surface area contributed by atoms with Crippen molar-refractivity contribution in [3.05, 3.63) is 83.9 Å². The van der Waals surface area contributed by atoms with Gasteiger partial charge >= 0.3 is 6.03 Å². The molecule has 4 atom stereocenters. The lowest BCUT2D eigenvalue weighted by atomic mass is 10.0. The number of amides is 4. The zero-order valence-electron chi connectivity index (χ0n) is 28.5. The van der Waals surface area contributed by atoms with Gasteiger partial charge in [0.25, 0.3) is 11.8 Å². The topological polar surface area (TPSA) is 130 Å². The van der Waals surface area contributed by atoms with E-state index in [9.17, 15) is 19.5 Å². The van der Waals surface area contributed by atoms with Crippen molar-refractivity contribution in [2.75, 3.05) is 51.1 Å². The second kappa shape index (κ2) is 17.5. The summed E-state index contributed by atoms with van der Waals surface area (Å²) in [6.07, 6.45) is 1.84. The number of carbonyl (C=O) groups excluding carboxylic acids is 3. The summed E-state index contributed by atoms with van der Waals surface area (Å²) in [7, 11) is 3.32. The fourth-order valence-corrected chi connectivity index (χ4v) is 5.58. The third kappa shape index (κ3) is 9.95. The fraction of sp³-hybridized carbons (Fsp3) is 0.432. The van der Waals surface area contributed by atoms with Gasteiger partial charge in [-0.3, -0.25) is 9.59 Å². The summed E-state index contributed by atoms with van der Waals surface area (Å²) in [5.41, 5.74) is 1.83. The molecule has 11 heteroatoms. The van der Waals surface area contributed by atoms with Crippen LogP contribution in [0.5, 0.6) is 11.5 Å². The van der Waals surface area contributed by atoms with Crippen LogP contribution in [0.2, 0.25) is 0 Å². The maximum Gasteiger partial charge on any atom is 0.323 e. The first-order chi connectivity index (χ1) is 23.1. The molecule has 0 aliphatic carbocycles. The number of anilines is 2. The molecule has 0 unspecified atom stereocenters. The van der Waals surface area contributed by atoms with Crippen LogP contribution in [0, 0.1) is 5.92 Å². The molecule has 11 nitrogen and oxygen atoms in total. The quantitative estimate of drug-likeness (QED) is 0.274. The summed E-state index contributed by atoms with van der Waals surface area (Å²) in [5, 5.41) is 15.8. The molecule has 0 bridgehead atoms. The van der Waals surface area contributed by atoms with E-state index in [4.69, 9.17) is 14.2 Å². The highest BCUT2D eigenvalue weighted by Crippen LogP contribution is 2.29. The third-order valence-corrected chi connectivity index (χ3v) is 8.48. The van der Waals surface area contributed by atoms with Crippen molar-refractivity contribution in [3.63, 3.8) is 0 Å². The molecule has 3 aromatic rings. The van der Waals surface area contributed by atoms with E-state index in [0.29, 0.717) is 41.6 Å². The van der Waals surface area contributed by atoms with Crippen LogP contribution in [-0.2, 0) is 4.74 Å². The largest absolute Gasteiger partial charge is 0.497 e. The lowest BCUT2D eigenvalue weighted by molar-refractivity contribution is -0.0149. The monoisotopic (exact) mass is 660 g/mol. The van der Waals surface area contributed by atoms with Crippen LogP contribution in [0.3, 0.4) is 0 Å². The number of hydrogen-bond donors (Lipinski definition) is 3. The van der Waals surface area contributed by atoms with Gasteiger partial charge in [-0.05, 0) is 87.7 Å². The summed E-state index contributed by atoms with van der Waals surface area (Å²) in [6.45, 7) is 6.55. The van der Waals surface area contributed by atoms with Gasteiger partial charge < -0.3 is 39.8 Å². The van der Waals surface area contributed by atoms with Gasteiger partial charge in [-0.2, -0.15) is 0 Å². The predicted octanol–water partition coefficient (Wildman–Crippen LogP) is 5.91. The Hall–Kier alpha value is -4.61. The van der Waals surface area contributed by atoms with E-state index >= 15 is 0 Å². The number of rotatable bonds is 8. The molecular weight excluding hydrogens is 612 g/mol. The molecule has 0 saturated heterocycles. The van der Waals surface area contributed by atoms with Crippen molar-refractivity contribution in [1.29, 1.82) is 0 Å². The maximum atomic E-state index is 14.4. The van der Waals surface area contributed by atoms with Crippen molar-refractivity contribution in [2.24, 2.45) is 5.92 Å². The molecule has 1 heterocycles. The van der Waals surface area contributed by atoms with Crippen molar-refractivity contribution in [1.82, 2.24) is 9.80 Å². The number of nitrogens with zero attached hydrogens (tertiary/aromatic N) is 2. The number of ether oxygens (including phenoxy) is 3. The van der Waals surface area contributed by atoms with E-state index in [1.54, 1.807) is 85.5 Å². The predicted molar refractivity (Wildman–Crippen MR) is 186 cm³/mol. The Morgan fingerprint density at radius 1 is 1.02 bits per heavy atom. The summed E-state index contributed by atoms with van der Waals surface area (Å²) < 4.78 is 17.8. The first-order valence-electron chi connectivity index (χ1n) is 16.5. The highest BCUT2D eigenvalue weighted by molar-refractivity contribution is 6.02. The first-order valence-corrected chi connectivity index (χ1v) is 16.5. The maximum absolute atomic E-state index is 14.4. The van der Waals surface area contributed by atoms with Crippen molar-refractivity contribution < 1.29 is 33.7 Å². The van der Waals surface area contributed by atoms with E-state index < -0.39 is 12.1 Å². The van der Waals surface area contributed by atoms with Crippen LogP contribution in [0.4, 0.5) is 16.2 Å². The van der Waals surface area contributed by atoms with Gasteiger partial charge in [0, 0.05) is 49.6 Å². The molecule has 0 saturated carbocycles. The lowest BCUT2D eigenvalue weighted by Crippen LogP contribution is -2.48. The Morgan fingerprint density at radius 2 is 1.71 bits per heavy atom. The molecule has 3 aromatic carbocycles. The Labute approximate surface area is 283 Å². The second-order valence-electron chi connectivity index (χ2n) is 12.4. The van der Waals surface area contributed by atoms with Crippen LogP contribution < -0.4 is 20.1 Å². The van der Waals surface area contributed by atoms with Gasteiger partial charge in [0.15, 0.2) is 0 Å². The number of aliphatic hydroxyl groups is 1. The number of methoxy groups -OCH3 is 1. The van der Waals surface area contributed by atoms with Crippen LogP contribution in [0.1, 0.15) is 60.7 Å². The van der Waals surface area contributed by atoms with Crippen LogP contribution in [0.15, 0.2) is 72.8 Å². The third-order valence-electron chi connectivity index (χ3n) is 8.48. The normalized spacial score (nSPS) is 19.6. The fourth-order valence-electron chi connectivity index (χ4n) is 5.58. The smallest absolute Gasteiger partial charge is 0.323 e. The molecule has 1 aliphatic heterocycles. The SMILES string of the molecule is COc1ccc(NC(=O)Nc2ccc3c(c2)C(=O)N([C@H](C)CO)C[C@H](C)[C@H](CN(C)C(=O)c2ccccc2)OCCCC[C@@H](C)O3)cc1. The van der Waals surface area contributed by atoms with Gasteiger partial charge in [0.05, 0.1) is 37.5 Å². The molecule has 4 amide bonds. The number of hydrogen-bond acceptors (Lipinski definition) is 7. The van der Waals surface area contributed by atoms with Gasteiger partial charge in [0.2, 0.25) is 0 Å². The number of benzene rings is 3. The van der Waals surface area contributed by atoms with Crippen LogP contribution in [-0.4, -0.2) is 91.5 Å². The summed E-state index contributed by atoms with van der Waals surface area (Å²) >= 11 is 0. The molecule has 258 valence electrons. The van der Waals surface area contributed by atoms with Crippen LogP contribution >= 0.6 is 0 Å².